The zero-order valence-electron chi connectivity index (χ0n) is 9.72. The first kappa shape index (κ1) is 12.0. The number of benzene rings is 1. The van der Waals surface area contributed by atoms with E-state index in [0.717, 1.165) is 11.1 Å². The molecule has 2 aromatic rings. The van der Waals surface area contributed by atoms with Gasteiger partial charge < -0.3 is 5.73 Å². The van der Waals surface area contributed by atoms with Crippen molar-refractivity contribution >= 4 is 17.1 Å². The summed E-state index contributed by atoms with van der Waals surface area (Å²) in [5, 5.41) is 3.96. The molecule has 0 aliphatic rings. The van der Waals surface area contributed by atoms with Crippen molar-refractivity contribution in [3.63, 3.8) is 0 Å². The third-order valence-corrected chi connectivity index (χ3v) is 3.63. The summed E-state index contributed by atoms with van der Waals surface area (Å²) in [7, 11) is 0. The fourth-order valence-corrected chi connectivity index (χ4v) is 2.38. The Morgan fingerprint density at radius 1 is 1.29 bits per heavy atom. The number of Topliss-reactive ketones (excluding diaryl/α,β-unsaturated/α-hetero) is 1. The van der Waals surface area contributed by atoms with Crippen LogP contribution in [0.15, 0.2) is 47.2 Å². The second-order valence-electron chi connectivity index (χ2n) is 4.30. The molecule has 1 aromatic heterocycles. The molecule has 0 saturated heterocycles. The van der Waals surface area contributed by atoms with Crippen molar-refractivity contribution in [1.29, 1.82) is 0 Å². The molecule has 1 aromatic carbocycles. The Bertz CT molecular complexity index is 488. The molecular formula is C14H15NOS. The molecule has 88 valence electrons. The largest absolute Gasteiger partial charge is 0.315 e. The minimum absolute atomic E-state index is 0.0436. The molecule has 1 unspecified atom stereocenters. The second kappa shape index (κ2) is 4.82. The summed E-state index contributed by atoms with van der Waals surface area (Å²) in [4.78, 5) is 12.2. The van der Waals surface area contributed by atoms with Gasteiger partial charge in [-0.3, -0.25) is 4.79 Å². The lowest BCUT2D eigenvalue weighted by Crippen LogP contribution is -2.42. The molecule has 0 bridgehead atoms. The molecule has 17 heavy (non-hydrogen) atoms. The molecule has 3 heteroatoms. The molecule has 0 aliphatic heterocycles. The highest BCUT2D eigenvalue weighted by molar-refractivity contribution is 7.08. The molecule has 1 atom stereocenters. The quantitative estimate of drug-likeness (QED) is 0.900. The van der Waals surface area contributed by atoms with Gasteiger partial charge in [-0.25, -0.2) is 0 Å². The van der Waals surface area contributed by atoms with Gasteiger partial charge in [-0.1, -0.05) is 30.3 Å². The van der Waals surface area contributed by atoms with E-state index in [-0.39, 0.29) is 5.78 Å². The van der Waals surface area contributed by atoms with Gasteiger partial charge in [0.1, 0.15) is 0 Å². The zero-order valence-corrected chi connectivity index (χ0v) is 10.5. The fraction of sp³-hybridized carbons (Fsp3) is 0.214. The van der Waals surface area contributed by atoms with Crippen molar-refractivity contribution in [1.82, 2.24) is 0 Å². The third-order valence-electron chi connectivity index (χ3n) is 2.90. The molecule has 2 N–H and O–H groups in total. The fourth-order valence-electron chi connectivity index (χ4n) is 1.71. The van der Waals surface area contributed by atoms with Crippen LogP contribution in [0, 0.1) is 0 Å². The second-order valence-corrected chi connectivity index (χ2v) is 5.08. The molecular weight excluding hydrogens is 230 g/mol. The highest BCUT2D eigenvalue weighted by Crippen LogP contribution is 2.21. The Balaban J connectivity index is 2.18. The van der Waals surface area contributed by atoms with Gasteiger partial charge in [0.15, 0.2) is 5.78 Å². The van der Waals surface area contributed by atoms with Crippen LogP contribution in [-0.2, 0) is 16.8 Å². The summed E-state index contributed by atoms with van der Waals surface area (Å²) in [6.45, 7) is 1.77. The van der Waals surface area contributed by atoms with Crippen LogP contribution in [0.25, 0.3) is 0 Å². The average Bonchev–Trinajstić information content (AvgIpc) is 2.83. The first-order chi connectivity index (χ1) is 8.10. The van der Waals surface area contributed by atoms with Crippen molar-refractivity contribution in [2.24, 2.45) is 5.73 Å². The minimum Gasteiger partial charge on any atom is -0.315 e. The van der Waals surface area contributed by atoms with Gasteiger partial charge in [0.2, 0.25) is 0 Å². The summed E-state index contributed by atoms with van der Waals surface area (Å²) < 4.78 is 0. The molecule has 0 amide bonds. The first-order valence-electron chi connectivity index (χ1n) is 5.49. The SMILES string of the molecule is CC(N)(C(=O)Cc1ccsc1)c1ccccc1. The number of hydrogen-bond donors (Lipinski definition) is 1. The predicted octanol–water partition coefficient (Wildman–Crippen LogP) is 2.73. The maximum Gasteiger partial charge on any atom is 0.161 e. The van der Waals surface area contributed by atoms with Crippen LogP contribution in [0.3, 0.4) is 0 Å². The molecule has 2 rings (SSSR count). The zero-order chi connectivity index (χ0) is 12.3. The molecule has 0 spiro atoms. The lowest BCUT2D eigenvalue weighted by molar-refractivity contribution is -0.123. The lowest BCUT2D eigenvalue weighted by Gasteiger charge is -2.23. The number of nitrogens with two attached hydrogens (primary N) is 1. The van der Waals surface area contributed by atoms with Crippen LogP contribution < -0.4 is 5.73 Å². The van der Waals surface area contributed by atoms with E-state index < -0.39 is 5.54 Å². The summed E-state index contributed by atoms with van der Waals surface area (Å²) in [6, 6.07) is 11.5. The highest BCUT2D eigenvalue weighted by atomic mass is 32.1. The van der Waals surface area contributed by atoms with Gasteiger partial charge in [0.05, 0.1) is 5.54 Å². The standard InChI is InChI=1S/C14H15NOS/c1-14(15,12-5-3-2-4-6-12)13(16)9-11-7-8-17-10-11/h2-8,10H,9,15H2,1H3. The summed E-state index contributed by atoms with van der Waals surface area (Å²) >= 11 is 1.59. The van der Waals surface area contributed by atoms with Gasteiger partial charge in [-0.2, -0.15) is 11.3 Å². The van der Waals surface area contributed by atoms with Crippen LogP contribution in [0.1, 0.15) is 18.1 Å². The molecule has 0 fully saturated rings. The summed E-state index contributed by atoms with van der Waals surface area (Å²) in [6.07, 6.45) is 0.394. The van der Waals surface area contributed by atoms with Crippen LogP contribution in [0.2, 0.25) is 0 Å². The van der Waals surface area contributed by atoms with Crippen LogP contribution in [0.5, 0.6) is 0 Å². The molecule has 0 saturated carbocycles. The smallest absolute Gasteiger partial charge is 0.161 e. The van der Waals surface area contributed by atoms with E-state index in [1.54, 1.807) is 18.3 Å². The van der Waals surface area contributed by atoms with E-state index in [0.29, 0.717) is 6.42 Å². The summed E-state index contributed by atoms with van der Waals surface area (Å²) in [5.41, 5.74) is 7.13. The van der Waals surface area contributed by atoms with Gasteiger partial charge in [0, 0.05) is 6.42 Å². The maximum absolute atomic E-state index is 12.2. The molecule has 0 aliphatic carbocycles. The number of carbonyl (C=O) groups is 1. The van der Waals surface area contributed by atoms with Crippen molar-refractivity contribution < 1.29 is 4.79 Å². The normalized spacial score (nSPS) is 14.2. The number of rotatable bonds is 4. The average molecular weight is 245 g/mol. The van der Waals surface area contributed by atoms with Crippen LogP contribution in [0.4, 0.5) is 0 Å². The molecule has 2 nitrogen and oxygen atoms in total. The number of thiophene rings is 1. The van der Waals surface area contributed by atoms with E-state index in [2.05, 4.69) is 0 Å². The van der Waals surface area contributed by atoms with Gasteiger partial charge in [0.25, 0.3) is 0 Å². The van der Waals surface area contributed by atoms with Gasteiger partial charge in [-0.05, 0) is 34.9 Å². The Kier molecular flexibility index (Phi) is 3.41. The number of carbonyl (C=O) groups excluding carboxylic acids is 1. The van der Waals surface area contributed by atoms with E-state index in [1.807, 2.05) is 47.2 Å². The van der Waals surface area contributed by atoms with E-state index in [4.69, 9.17) is 5.73 Å². The van der Waals surface area contributed by atoms with Crippen molar-refractivity contribution in [2.75, 3.05) is 0 Å². The van der Waals surface area contributed by atoms with E-state index in [1.165, 1.54) is 0 Å². The van der Waals surface area contributed by atoms with Crippen LogP contribution >= 0.6 is 11.3 Å². The predicted molar refractivity (Wildman–Crippen MR) is 71.0 cm³/mol. The summed E-state index contributed by atoms with van der Waals surface area (Å²) in [5.74, 6) is 0.0436. The van der Waals surface area contributed by atoms with Crippen molar-refractivity contribution in [3.05, 3.63) is 58.3 Å². The van der Waals surface area contributed by atoms with E-state index in [9.17, 15) is 4.79 Å². The Labute approximate surface area is 105 Å². The van der Waals surface area contributed by atoms with Gasteiger partial charge >= 0.3 is 0 Å². The molecule has 1 heterocycles. The third kappa shape index (κ3) is 2.62. The lowest BCUT2D eigenvalue weighted by atomic mass is 9.86. The van der Waals surface area contributed by atoms with E-state index >= 15 is 0 Å². The van der Waals surface area contributed by atoms with Gasteiger partial charge in [-0.15, -0.1) is 0 Å². The first-order valence-corrected chi connectivity index (χ1v) is 6.44. The highest BCUT2D eigenvalue weighted by Gasteiger charge is 2.29. The topological polar surface area (TPSA) is 43.1 Å². The number of hydrogen-bond acceptors (Lipinski definition) is 3. The minimum atomic E-state index is -0.913. The van der Waals surface area contributed by atoms with Crippen molar-refractivity contribution in [2.45, 2.75) is 18.9 Å². The Morgan fingerprint density at radius 2 is 2.00 bits per heavy atom. The van der Waals surface area contributed by atoms with Crippen molar-refractivity contribution in [3.8, 4) is 0 Å². The number of ketones is 1. The monoisotopic (exact) mass is 245 g/mol. The molecule has 0 radical (unpaired) electrons. The Morgan fingerprint density at radius 3 is 2.59 bits per heavy atom. The maximum atomic E-state index is 12.2. The Hall–Kier alpha value is -1.45. The van der Waals surface area contributed by atoms with Crippen LogP contribution in [-0.4, -0.2) is 5.78 Å².